The Morgan fingerprint density at radius 1 is 0.846 bits per heavy atom. The van der Waals surface area contributed by atoms with Crippen LogP contribution in [0.1, 0.15) is 74.5 Å². The molecule has 0 aliphatic heterocycles. The van der Waals surface area contributed by atoms with E-state index in [2.05, 4.69) is 13.5 Å². The van der Waals surface area contributed by atoms with Gasteiger partial charge in [0.25, 0.3) is 0 Å². The molecule has 4 rings (SSSR count). The van der Waals surface area contributed by atoms with Gasteiger partial charge in [0, 0.05) is 12.2 Å². The van der Waals surface area contributed by atoms with Crippen molar-refractivity contribution < 1.29 is 22.6 Å². The Bertz CT molecular complexity index is 1260. The second-order valence-electron chi connectivity index (χ2n) is 10.1. The Balaban J connectivity index is 1.39. The van der Waals surface area contributed by atoms with E-state index in [0.717, 1.165) is 50.7 Å². The molecule has 0 aromatic heterocycles. The minimum absolute atomic E-state index is 0.0182. The molecule has 1 saturated carbocycles. The molecule has 1 aliphatic rings. The van der Waals surface area contributed by atoms with Gasteiger partial charge in [-0.2, -0.15) is 0 Å². The quantitative estimate of drug-likeness (QED) is 0.131. The van der Waals surface area contributed by atoms with Gasteiger partial charge in [-0.15, -0.1) is 6.58 Å². The molecule has 39 heavy (non-hydrogen) atoms. The number of benzene rings is 3. The number of halogens is 3. The first-order valence-corrected chi connectivity index (χ1v) is 13.9. The number of rotatable bonds is 12. The van der Waals surface area contributed by atoms with E-state index in [0.29, 0.717) is 29.7 Å². The van der Waals surface area contributed by atoms with Crippen molar-refractivity contribution in [2.24, 2.45) is 0 Å². The normalized spacial score (nSPS) is 17.4. The highest BCUT2D eigenvalue weighted by Crippen LogP contribution is 2.38. The standard InChI is InChI=1S/C34H37F3O2/c1-3-5-21-38-28-16-14-27(15-17-28)30-19-18-29(33(36)34(30)37)26-12-9-24(10-13-26)7-8-25-11-20-32(31(35)23-25)39-22-6-4-2/h4,7-13,18-20,23,27-28H,2-3,5-6,14-17,21-22H2,1H3/b8-7+. The van der Waals surface area contributed by atoms with Gasteiger partial charge in [0.15, 0.2) is 23.2 Å². The molecule has 0 radical (unpaired) electrons. The molecule has 0 bridgehead atoms. The summed E-state index contributed by atoms with van der Waals surface area (Å²) in [7, 11) is 0. The second kappa shape index (κ2) is 14.2. The summed E-state index contributed by atoms with van der Waals surface area (Å²) in [5, 5.41) is 0. The van der Waals surface area contributed by atoms with Gasteiger partial charge in [-0.3, -0.25) is 0 Å². The van der Waals surface area contributed by atoms with Crippen LogP contribution in [0.5, 0.6) is 5.75 Å². The highest BCUT2D eigenvalue weighted by atomic mass is 19.2. The van der Waals surface area contributed by atoms with E-state index in [-0.39, 0.29) is 23.3 Å². The van der Waals surface area contributed by atoms with E-state index in [1.165, 1.54) is 6.07 Å². The van der Waals surface area contributed by atoms with E-state index < -0.39 is 17.5 Å². The van der Waals surface area contributed by atoms with E-state index in [4.69, 9.17) is 9.47 Å². The minimum Gasteiger partial charge on any atom is -0.490 e. The smallest absolute Gasteiger partial charge is 0.166 e. The summed E-state index contributed by atoms with van der Waals surface area (Å²) in [6.07, 6.45) is 11.8. The molecular formula is C34H37F3O2. The molecule has 0 unspecified atom stereocenters. The molecule has 206 valence electrons. The van der Waals surface area contributed by atoms with E-state index in [1.54, 1.807) is 48.6 Å². The van der Waals surface area contributed by atoms with Gasteiger partial charge in [0.1, 0.15) is 0 Å². The number of hydrogen-bond donors (Lipinski definition) is 0. The lowest BCUT2D eigenvalue weighted by Crippen LogP contribution is -2.22. The summed E-state index contributed by atoms with van der Waals surface area (Å²) >= 11 is 0. The topological polar surface area (TPSA) is 18.5 Å². The summed E-state index contributed by atoms with van der Waals surface area (Å²) in [5.41, 5.74) is 2.87. The van der Waals surface area contributed by atoms with Gasteiger partial charge in [0.2, 0.25) is 0 Å². The maximum absolute atomic E-state index is 15.2. The van der Waals surface area contributed by atoms with Crippen LogP contribution in [0.3, 0.4) is 0 Å². The molecule has 0 heterocycles. The Hall–Kier alpha value is -3.31. The van der Waals surface area contributed by atoms with Crippen molar-refractivity contribution in [1.82, 2.24) is 0 Å². The van der Waals surface area contributed by atoms with Crippen LogP contribution in [0.2, 0.25) is 0 Å². The zero-order valence-corrected chi connectivity index (χ0v) is 22.6. The van der Waals surface area contributed by atoms with Gasteiger partial charge in [-0.05, 0) is 78.8 Å². The zero-order chi connectivity index (χ0) is 27.6. The molecule has 0 N–H and O–H groups in total. The fraction of sp³-hybridized carbons (Fsp3) is 0.353. The highest BCUT2D eigenvalue weighted by Gasteiger charge is 2.27. The molecule has 2 nitrogen and oxygen atoms in total. The van der Waals surface area contributed by atoms with Gasteiger partial charge in [-0.1, -0.05) is 74.0 Å². The molecule has 0 atom stereocenters. The van der Waals surface area contributed by atoms with E-state index in [1.807, 2.05) is 18.2 Å². The third kappa shape index (κ3) is 7.63. The van der Waals surface area contributed by atoms with Crippen molar-refractivity contribution in [3.63, 3.8) is 0 Å². The first kappa shape index (κ1) is 28.7. The molecular weight excluding hydrogens is 497 g/mol. The fourth-order valence-corrected chi connectivity index (χ4v) is 4.99. The average Bonchev–Trinajstić information content (AvgIpc) is 2.95. The third-order valence-electron chi connectivity index (χ3n) is 7.30. The molecule has 3 aromatic rings. The lowest BCUT2D eigenvalue weighted by atomic mass is 9.82. The van der Waals surface area contributed by atoms with Crippen LogP contribution in [0.25, 0.3) is 23.3 Å². The average molecular weight is 535 g/mol. The third-order valence-corrected chi connectivity index (χ3v) is 7.30. The Morgan fingerprint density at radius 3 is 2.26 bits per heavy atom. The molecule has 0 saturated heterocycles. The Morgan fingerprint density at radius 2 is 1.56 bits per heavy atom. The van der Waals surface area contributed by atoms with E-state index >= 15 is 8.78 Å². The first-order valence-electron chi connectivity index (χ1n) is 13.9. The van der Waals surface area contributed by atoms with Gasteiger partial charge in [-0.25, -0.2) is 13.2 Å². The van der Waals surface area contributed by atoms with Crippen molar-refractivity contribution in [1.29, 1.82) is 0 Å². The summed E-state index contributed by atoms with van der Waals surface area (Å²) in [5.74, 6) is -1.74. The molecule has 0 amide bonds. The Kier molecular flexibility index (Phi) is 10.4. The maximum Gasteiger partial charge on any atom is 0.166 e. The van der Waals surface area contributed by atoms with E-state index in [9.17, 15) is 4.39 Å². The van der Waals surface area contributed by atoms with Crippen molar-refractivity contribution in [2.75, 3.05) is 13.2 Å². The van der Waals surface area contributed by atoms with Crippen molar-refractivity contribution in [3.8, 4) is 16.9 Å². The molecule has 5 heteroatoms. The number of hydrogen-bond acceptors (Lipinski definition) is 2. The summed E-state index contributed by atoms with van der Waals surface area (Å²) in [6.45, 7) is 6.92. The largest absolute Gasteiger partial charge is 0.490 e. The van der Waals surface area contributed by atoms with Gasteiger partial charge < -0.3 is 9.47 Å². The maximum atomic E-state index is 15.2. The minimum atomic E-state index is -0.803. The number of ether oxygens (including phenoxy) is 2. The van der Waals surface area contributed by atoms with Crippen LogP contribution in [0.4, 0.5) is 13.2 Å². The zero-order valence-electron chi connectivity index (χ0n) is 22.6. The van der Waals surface area contributed by atoms with Crippen molar-refractivity contribution >= 4 is 12.2 Å². The SMILES string of the molecule is C=CCCOc1ccc(/C=C/c2ccc(-c3ccc(C4CCC(OCCCC)CC4)c(F)c3F)cc2)cc1F. The summed E-state index contributed by atoms with van der Waals surface area (Å²) < 4.78 is 55.9. The first-order chi connectivity index (χ1) is 19.0. The highest BCUT2D eigenvalue weighted by molar-refractivity contribution is 5.72. The lowest BCUT2D eigenvalue weighted by Gasteiger charge is -2.29. The Labute approximate surface area is 230 Å². The van der Waals surface area contributed by atoms with Gasteiger partial charge >= 0.3 is 0 Å². The number of unbranched alkanes of at least 4 members (excludes halogenated alkanes) is 1. The monoisotopic (exact) mass is 534 g/mol. The fourth-order valence-electron chi connectivity index (χ4n) is 4.99. The van der Waals surface area contributed by atoms with Crippen molar-refractivity contribution in [2.45, 2.75) is 63.9 Å². The van der Waals surface area contributed by atoms with Crippen LogP contribution < -0.4 is 4.74 Å². The van der Waals surface area contributed by atoms with Crippen LogP contribution in [0, 0.1) is 17.5 Å². The predicted molar refractivity (Wildman–Crippen MR) is 153 cm³/mol. The van der Waals surface area contributed by atoms with Crippen LogP contribution in [-0.4, -0.2) is 19.3 Å². The molecule has 1 aliphatic carbocycles. The molecule has 0 spiro atoms. The van der Waals surface area contributed by atoms with Crippen LogP contribution in [0.15, 0.2) is 67.3 Å². The predicted octanol–water partition coefficient (Wildman–Crippen LogP) is 9.74. The summed E-state index contributed by atoms with van der Waals surface area (Å²) in [6, 6.07) is 15.4. The summed E-state index contributed by atoms with van der Waals surface area (Å²) in [4.78, 5) is 0. The van der Waals surface area contributed by atoms with Crippen molar-refractivity contribution in [3.05, 3.63) is 101 Å². The van der Waals surface area contributed by atoms with Crippen LogP contribution >= 0.6 is 0 Å². The lowest BCUT2D eigenvalue weighted by molar-refractivity contribution is 0.0230. The molecule has 3 aromatic carbocycles. The second-order valence-corrected chi connectivity index (χ2v) is 10.1. The van der Waals surface area contributed by atoms with Crippen LogP contribution in [-0.2, 0) is 4.74 Å². The molecule has 1 fully saturated rings. The van der Waals surface area contributed by atoms with Gasteiger partial charge in [0.05, 0.1) is 12.7 Å².